The molecule has 6 nitrogen and oxygen atoms in total. The number of hydrogen-bond acceptors (Lipinski definition) is 5. The molecule has 0 aliphatic heterocycles. The van der Waals surface area contributed by atoms with Crippen LogP contribution in [0, 0.1) is 6.92 Å². The molecule has 0 aliphatic rings. The Morgan fingerprint density at radius 1 is 1.50 bits per heavy atom. The predicted molar refractivity (Wildman–Crippen MR) is 64.6 cm³/mol. The SMILES string of the molecule is Cc1cccc(C(=O)O)c1NCCc1ncno1. The summed E-state index contributed by atoms with van der Waals surface area (Å²) >= 11 is 0. The van der Waals surface area contributed by atoms with Crippen LogP contribution in [0.5, 0.6) is 0 Å². The van der Waals surface area contributed by atoms with E-state index < -0.39 is 5.97 Å². The molecule has 0 unspecified atom stereocenters. The first kappa shape index (κ1) is 12.1. The highest BCUT2D eigenvalue weighted by Gasteiger charge is 2.11. The van der Waals surface area contributed by atoms with E-state index in [9.17, 15) is 4.79 Å². The average Bonchev–Trinajstić information content (AvgIpc) is 2.84. The number of benzene rings is 1. The second kappa shape index (κ2) is 5.31. The van der Waals surface area contributed by atoms with Gasteiger partial charge in [-0.1, -0.05) is 17.3 Å². The topological polar surface area (TPSA) is 88.2 Å². The maximum atomic E-state index is 11.1. The van der Waals surface area contributed by atoms with Gasteiger partial charge in [-0.2, -0.15) is 4.98 Å². The number of nitrogens with zero attached hydrogens (tertiary/aromatic N) is 2. The lowest BCUT2D eigenvalue weighted by atomic mass is 10.1. The second-order valence-electron chi connectivity index (χ2n) is 3.81. The molecular formula is C12H13N3O3. The minimum absolute atomic E-state index is 0.264. The van der Waals surface area contributed by atoms with Gasteiger partial charge in [-0.25, -0.2) is 4.79 Å². The van der Waals surface area contributed by atoms with E-state index in [-0.39, 0.29) is 5.56 Å². The van der Waals surface area contributed by atoms with E-state index in [0.717, 1.165) is 5.56 Å². The molecule has 2 rings (SSSR count). The Kier molecular flexibility index (Phi) is 3.57. The standard InChI is InChI=1S/C12H13N3O3/c1-8-3-2-4-9(12(16)17)11(8)13-6-5-10-14-7-15-18-10/h2-4,7,13H,5-6H2,1H3,(H,16,17). The fourth-order valence-electron chi connectivity index (χ4n) is 1.68. The van der Waals surface area contributed by atoms with E-state index in [1.54, 1.807) is 12.1 Å². The van der Waals surface area contributed by atoms with Crippen LogP contribution in [-0.4, -0.2) is 27.8 Å². The summed E-state index contributed by atoms with van der Waals surface area (Å²) < 4.78 is 4.86. The fourth-order valence-corrected chi connectivity index (χ4v) is 1.68. The summed E-state index contributed by atoms with van der Waals surface area (Å²) in [6.07, 6.45) is 1.89. The summed E-state index contributed by atoms with van der Waals surface area (Å²) in [5.41, 5.74) is 1.78. The van der Waals surface area contributed by atoms with Crippen molar-refractivity contribution in [3.63, 3.8) is 0 Å². The van der Waals surface area contributed by atoms with Gasteiger partial charge in [-0.05, 0) is 18.6 Å². The van der Waals surface area contributed by atoms with E-state index in [1.807, 2.05) is 13.0 Å². The van der Waals surface area contributed by atoms with E-state index in [2.05, 4.69) is 15.5 Å². The summed E-state index contributed by atoms with van der Waals surface area (Å²) in [4.78, 5) is 15.0. The van der Waals surface area contributed by atoms with Crippen LogP contribution >= 0.6 is 0 Å². The first-order valence-electron chi connectivity index (χ1n) is 5.51. The number of carboxylic acid groups (broad SMARTS) is 1. The maximum Gasteiger partial charge on any atom is 0.337 e. The molecule has 0 amide bonds. The Bertz CT molecular complexity index is 538. The highest BCUT2D eigenvalue weighted by molar-refractivity contribution is 5.95. The third-order valence-electron chi connectivity index (χ3n) is 2.55. The zero-order chi connectivity index (χ0) is 13.0. The lowest BCUT2D eigenvalue weighted by Gasteiger charge is -2.11. The molecule has 0 saturated heterocycles. The summed E-state index contributed by atoms with van der Waals surface area (Å²) in [5, 5.41) is 15.7. The average molecular weight is 247 g/mol. The monoisotopic (exact) mass is 247 g/mol. The third kappa shape index (κ3) is 2.65. The van der Waals surface area contributed by atoms with Gasteiger partial charge in [0.05, 0.1) is 11.3 Å². The van der Waals surface area contributed by atoms with E-state index in [0.29, 0.717) is 24.5 Å². The number of carbonyl (C=O) groups is 1. The molecule has 6 heteroatoms. The number of nitrogens with one attached hydrogen (secondary N) is 1. The van der Waals surface area contributed by atoms with Gasteiger partial charge in [0.1, 0.15) is 0 Å². The summed E-state index contributed by atoms with van der Waals surface area (Å²) in [6.45, 7) is 2.40. The minimum Gasteiger partial charge on any atom is -0.478 e. The molecule has 18 heavy (non-hydrogen) atoms. The molecule has 1 heterocycles. The molecule has 0 aliphatic carbocycles. The lowest BCUT2D eigenvalue weighted by molar-refractivity contribution is 0.0698. The number of aryl methyl sites for hydroxylation is 1. The Morgan fingerprint density at radius 3 is 3.00 bits per heavy atom. The van der Waals surface area contributed by atoms with Crippen LogP contribution in [0.1, 0.15) is 21.8 Å². The Balaban J connectivity index is 2.06. The highest BCUT2D eigenvalue weighted by atomic mass is 16.5. The zero-order valence-electron chi connectivity index (χ0n) is 9.88. The summed E-state index contributed by atoms with van der Waals surface area (Å²) in [5.74, 6) is -0.424. The van der Waals surface area contributed by atoms with Gasteiger partial charge < -0.3 is 14.9 Å². The van der Waals surface area contributed by atoms with Crippen LogP contribution in [0.3, 0.4) is 0 Å². The van der Waals surface area contributed by atoms with Crippen LogP contribution in [-0.2, 0) is 6.42 Å². The van der Waals surface area contributed by atoms with Gasteiger partial charge in [-0.3, -0.25) is 0 Å². The molecule has 2 aromatic rings. The van der Waals surface area contributed by atoms with Gasteiger partial charge in [0, 0.05) is 13.0 Å². The van der Waals surface area contributed by atoms with Crippen LogP contribution in [0.2, 0.25) is 0 Å². The van der Waals surface area contributed by atoms with Crippen molar-refractivity contribution in [2.45, 2.75) is 13.3 Å². The fraction of sp³-hybridized carbons (Fsp3) is 0.250. The van der Waals surface area contributed by atoms with Gasteiger partial charge in [0.25, 0.3) is 0 Å². The Morgan fingerprint density at radius 2 is 2.33 bits per heavy atom. The Labute approximate surface area is 104 Å². The molecule has 1 aromatic heterocycles. The van der Waals surface area contributed by atoms with Gasteiger partial charge >= 0.3 is 5.97 Å². The molecule has 0 saturated carbocycles. The van der Waals surface area contributed by atoms with Crippen molar-refractivity contribution >= 4 is 11.7 Å². The van der Waals surface area contributed by atoms with Crippen LogP contribution in [0.4, 0.5) is 5.69 Å². The number of carboxylic acids is 1. The van der Waals surface area contributed by atoms with Crippen molar-refractivity contribution in [2.75, 3.05) is 11.9 Å². The van der Waals surface area contributed by atoms with Crippen LogP contribution in [0.15, 0.2) is 29.0 Å². The van der Waals surface area contributed by atoms with Crippen molar-refractivity contribution in [1.29, 1.82) is 0 Å². The molecule has 0 spiro atoms. The zero-order valence-corrected chi connectivity index (χ0v) is 9.88. The highest BCUT2D eigenvalue weighted by Crippen LogP contribution is 2.20. The smallest absolute Gasteiger partial charge is 0.337 e. The van der Waals surface area contributed by atoms with E-state index >= 15 is 0 Å². The molecule has 0 fully saturated rings. The molecule has 94 valence electrons. The largest absolute Gasteiger partial charge is 0.478 e. The van der Waals surface area contributed by atoms with Crippen LogP contribution in [0.25, 0.3) is 0 Å². The molecular weight excluding hydrogens is 234 g/mol. The lowest BCUT2D eigenvalue weighted by Crippen LogP contribution is -2.11. The third-order valence-corrected chi connectivity index (χ3v) is 2.55. The number of aromatic nitrogens is 2. The Hall–Kier alpha value is -2.37. The number of aromatic carboxylic acids is 1. The molecule has 0 radical (unpaired) electrons. The van der Waals surface area contributed by atoms with Crippen molar-refractivity contribution < 1.29 is 14.4 Å². The molecule has 0 atom stereocenters. The van der Waals surface area contributed by atoms with Crippen molar-refractivity contribution in [3.05, 3.63) is 41.5 Å². The van der Waals surface area contributed by atoms with Gasteiger partial charge in [-0.15, -0.1) is 0 Å². The first-order chi connectivity index (χ1) is 8.68. The normalized spacial score (nSPS) is 10.3. The first-order valence-corrected chi connectivity index (χ1v) is 5.51. The summed E-state index contributed by atoms with van der Waals surface area (Å²) in [7, 11) is 0. The number of hydrogen-bond donors (Lipinski definition) is 2. The molecule has 1 aromatic carbocycles. The van der Waals surface area contributed by atoms with Crippen LogP contribution < -0.4 is 5.32 Å². The number of para-hydroxylation sites is 1. The van der Waals surface area contributed by atoms with Crippen molar-refractivity contribution in [2.24, 2.45) is 0 Å². The van der Waals surface area contributed by atoms with Gasteiger partial charge in [0.15, 0.2) is 6.33 Å². The van der Waals surface area contributed by atoms with Gasteiger partial charge in [0.2, 0.25) is 5.89 Å². The molecule has 0 bridgehead atoms. The quantitative estimate of drug-likeness (QED) is 0.836. The predicted octanol–water partition coefficient (Wildman–Crippen LogP) is 1.73. The van der Waals surface area contributed by atoms with E-state index in [4.69, 9.17) is 9.63 Å². The van der Waals surface area contributed by atoms with Crippen molar-refractivity contribution in [1.82, 2.24) is 10.1 Å². The number of rotatable bonds is 5. The van der Waals surface area contributed by atoms with E-state index in [1.165, 1.54) is 6.33 Å². The van der Waals surface area contributed by atoms with Crippen molar-refractivity contribution in [3.8, 4) is 0 Å². The second-order valence-corrected chi connectivity index (χ2v) is 3.81. The number of anilines is 1. The minimum atomic E-state index is -0.945. The maximum absolute atomic E-state index is 11.1. The molecule has 2 N–H and O–H groups in total. The summed E-state index contributed by atoms with van der Waals surface area (Å²) in [6, 6.07) is 5.16.